The summed E-state index contributed by atoms with van der Waals surface area (Å²) in [6.45, 7) is 4.71. The lowest BCUT2D eigenvalue weighted by atomic mass is 10.1. The largest absolute Gasteiger partial charge is 0.489 e. The molecular weight excluding hydrogens is 246 g/mol. The summed E-state index contributed by atoms with van der Waals surface area (Å²) in [7, 11) is -0.838. The minimum absolute atomic E-state index is 0.0626. The molecular formula is C14H21NO2S. The third kappa shape index (κ3) is 3.33. The lowest BCUT2D eigenvalue weighted by Gasteiger charge is -2.12. The molecule has 1 heterocycles. The molecule has 100 valence electrons. The first-order valence-corrected chi connectivity index (χ1v) is 7.88. The smallest absolute Gasteiger partial charge is 0.123 e. The molecule has 2 rings (SSSR count). The van der Waals surface area contributed by atoms with Gasteiger partial charge in [0.1, 0.15) is 11.9 Å². The number of rotatable bonds is 5. The number of ether oxygens (including phenoxy) is 1. The monoisotopic (exact) mass is 267 g/mol. The summed E-state index contributed by atoms with van der Waals surface area (Å²) in [5, 5.41) is 0. The highest BCUT2D eigenvalue weighted by molar-refractivity contribution is 7.85. The summed E-state index contributed by atoms with van der Waals surface area (Å²) in [5.41, 5.74) is 8.03. The molecule has 0 spiro atoms. The van der Waals surface area contributed by atoms with Gasteiger partial charge < -0.3 is 10.5 Å². The average molecular weight is 267 g/mol. The van der Waals surface area contributed by atoms with Crippen molar-refractivity contribution in [2.45, 2.75) is 26.4 Å². The summed E-state index contributed by atoms with van der Waals surface area (Å²) in [6, 6.07) is 6.21. The van der Waals surface area contributed by atoms with E-state index in [0.29, 0.717) is 24.0 Å². The molecule has 0 saturated heterocycles. The highest BCUT2D eigenvalue weighted by Crippen LogP contribution is 2.29. The molecule has 0 fully saturated rings. The SMILES string of the molecule is Cc1ccc2c(c1)CC(CS(=O)CC(C)CN)O2. The number of benzene rings is 1. The lowest BCUT2D eigenvalue weighted by molar-refractivity contribution is 0.258. The van der Waals surface area contributed by atoms with Crippen LogP contribution in [0.5, 0.6) is 5.75 Å². The Morgan fingerprint density at radius 3 is 3.06 bits per heavy atom. The molecule has 2 N–H and O–H groups in total. The molecule has 18 heavy (non-hydrogen) atoms. The normalized spacial score (nSPS) is 21.2. The standard InChI is InChI=1S/C14H21NO2S/c1-10-3-4-14-12(5-10)6-13(17-14)9-18(16)8-11(2)7-15/h3-5,11,13H,6-9,15H2,1-2H3. The fourth-order valence-corrected chi connectivity index (χ4v) is 3.71. The zero-order chi connectivity index (χ0) is 13.1. The molecule has 1 aliphatic rings. The van der Waals surface area contributed by atoms with E-state index < -0.39 is 10.8 Å². The van der Waals surface area contributed by atoms with Gasteiger partial charge in [-0.1, -0.05) is 24.6 Å². The number of aryl methyl sites for hydroxylation is 1. The summed E-state index contributed by atoms with van der Waals surface area (Å²) >= 11 is 0. The van der Waals surface area contributed by atoms with Crippen LogP contribution < -0.4 is 10.5 Å². The topological polar surface area (TPSA) is 52.3 Å². The van der Waals surface area contributed by atoms with Crippen molar-refractivity contribution >= 4 is 10.8 Å². The number of hydrogen-bond donors (Lipinski definition) is 1. The van der Waals surface area contributed by atoms with Crippen molar-refractivity contribution in [1.82, 2.24) is 0 Å². The van der Waals surface area contributed by atoms with Gasteiger partial charge in [0.05, 0.1) is 5.75 Å². The Morgan fingerprint density at radius 1 is 1.56 bits per heavy atom. The predicted molar refractivity (Wildman–Crippen MR) is 75.4 cm³/mol. The maximum atomic E-state index is 12.0. The summed E-state index contributed by atoms with van der Waals surface area (Å²) < 4.78 is 17.8. The Hall–Kier alpha value is -0.870. The van der Waals surface area contributed by atoms with Gasteiger partial charge in [-0.2, -0.15) is 0 Å². The molecule has 3 nitrogen and oxygen atoms in total. The van der Waals surface area contributed by atoms with Gasteiger partial charge in [-0.25, -0.2) is 0 Å². The van der Waals surface area contributed by atoms with Crippen molar-refractivity contribution in [2.75, 3.05) is 18.1 Å². The highest BCUT2D eigenvalue weighted by atomic mass is 32.2. The van der Waals surface area contributed by atoms with Crippen LogP contribution in [0.2, 0.25) is 0 Å². The van der Waals surface area contributed by atoms with E-state index in [1.807, 2.05) is 13.0 Å². The fraction of sp³-hybridized carbons (Fsp3) is 0.571. The van der Waals surface area contributed by atoms with Gasteiger partial charge in [0.15, 0.2) is 0 Å². The van der Waals surface area contributed by atoms with Gasteiger partial charge in [0.2, 0.25) is 0 Å². The number of hydrogen-bond acceptors (Lipinski definition) is 3. The molecule has 3 atom stereocenters. The van der Waals surface area contributed by atoms with Crippen LogP contribution in [0.3, 0.4) is 0 Å². The molecule has 1 aromatic carbocycles. The van der Waals surface area contributed by atoms with Crippen LogP contribution in [0.15, 0.2) is 18.2 Å². The Bertz CT molecular complexity index is 447. The van der Waals surface area contributed by atoms with E-state index in [1.165, 1.54) is 11.1 Å². The summed E-state index contributed by atoms with van der Waals surface area (Å²) in [5.74, 6) is 2.55. The summed E-state index contributed by atoms with van der Waals surface area (Å²) in [4.78, 5) is 0. The van der Waals surface area contributed by atoms with Gasteiger partial charge in [-0.05, 0) is 31.0 Å². The van der Waals surface area contributed by atoms with Crippen molar-refractivity contribution in [3.63, 3.8) is 0 Å². The molecule has 1 aliphatic heterocycles. The second-order valence-electron chi connectivity index (χ2n) is 5.17. The van der Waals surface area contributed by atoms with E-state index >= 15 is 0 Å². The molecule has 0 amide bonds. The third-order valence-corrected chi connectivity index (χ3v) is 4.89. The van der Waals surface area contributed by atoms with Crippen LogP contribution in [-0.4, -0.2) is 28.4 Å². The molecule has 0 aliphatic carbocycles. The molecule has 4 heteroatoms. The van der Waals surface area contributed by atoms with Crippen molar-refractivity contribution in [1.29, 1.82) is 0 Å². The molecule has 3 unspecified atom stereocenters. The van der Waals surface area contributed by atoms with Gasteiger partial charge in [0, 0.05) is 23.0 Å². The van der Waals surface area contributed by atoms with Crippen LogP contribution in [0, 0.1) is 12.8 Å². The molecule has 0 saturated carbocycles. The maximum Gasteiger partial charge on any atom is 0.123 e. The third-order valence-electron chi connectivity index (χ3n) is 3.20. The van der Waals surface area contributed by atoms with Crippen LogP contribution in [0.25, 0.3) is 0 Å². The van der Waals surface area contributed by atoms with Gasteiger partial charge in [-0.3, -0.25) is 4.21 Å². The van der Waals surface area contributed by atoms with Gasteiger partial charge in [-0.15, -0.1) is 0 Å². The second-order valence-corrected chi connectivity index (χ2v) is 6.72. The quantitative estimate of drug-likeness (QED) is 0.882. The zero-order valence-corrected chi connectivity index (χ0v) is 11.8. The Morgan fingerprint density at radius 2 is 2.33 bits per heavy atom. The predicted octanol–water partition coefficient (Wildman–Crippen LogP) is 1.64. The van der Waals surface area contributed by atoms with Crippen LogP contribution in [0.4, 0.5) is 0 Å². The van der Waals surface area contributed by atoms with Crippen molar-refractivity contribution < 1.29 is 8.95 Å². The van der Waals surface area contributed by atoms with E-state index in [-0.39, 0.29) is 6.10 Å². The first kappa shape index (κ1) is 13.6. The molecule has 0 radical (unpaired) electrons. The molecule has 0 aromatic heterocycles. The van der Waals surface area contributed by atoms with E-state index in [1.54, 1.807) is 0 Å². The van der Waals surface area contributed by atoms with E-state index in [0.717, 1.165) is 12.2 Å². The van der Waals surface area contributed by atoms with E-state index in [9.17, 15) is 4.21 Å². The Kier molecular flexibility index (Phi) is 4.40. The first-order chi connectivity index (χ1) is 8.58. The number of fused-ring (bicyclic) bond motifs is 1. The van der Waals surface area contributed by atoms with Crippen LogP contribution in [0.1, 0.15) is 18.1 Å². The van der Waals surface area contributed by atoms with Crippen molar-refractivity contribution in [2.24, 2.45) is 11.7 Å². The average Bonchev–Trinajstić information content (AvgIpc) is 2.69. The maximum absolute atomic E-state index is 12.0. The minimum atomic E-state index is -0.838. The van der Waals surface area contributed by atoms with Gasteiger partial charge >= 0.3 is 0 Å². The lowest BCUT2D eigenvalue weighted by Crippen LogP contribution is -2.26. The summed E-state index contributed by atoms with van der Waals surface area (Å²) in [6.07, 6.45) is 0.937. The van der Waals surface area contributed by atoms with Crippen LogP contribution >= 0.6 is 0 Å². The van der Waals surface area contributed by atoms with E-state index in [2.05, 4.69) is 19.1 Å². The number of nitrogens with two attached hydrogens (primary N) is 1. The highest BCUT2D eigenvalue weighted by Gasteiger charge is 2.24. The molecule has 0 bridgehead atoms. The zero-order valence-electron chi connectivity index (χ0n) is 11.0. The Balaban J connectivity index is 1.89. The molecule has 1 aromatic rings. The fourth-order valence-electron chi connectivity index (χ4n) is 2.20. The first-order valence-electron chi connectivity index (χ1n) is 6.39. The van der Waals surface area contributed by atoms with Gasteiger partial charge in [0.25, 0.3) is 0 Å². The van der Waals surface area contributed by atoms with Crippen LogP contribution in [-0.2, 0) is 17.2 Å². The van der Waals surface area contributed by atoms with Crippen molar-refractivity contribution in [3.05, 3.63) is 29.3 Å². The minimum Gasteiger partial charge on any atom is -0.489 e. The van der Waals surface area contributed by atoms with Crippen molar-refractivity contribution in [3.8, 4) is 5.75 Å². The Labute approximate surface area is 111 Å². The second kappa shape index (κ2) is 5.85. The van der Waals surface area contributed by atoms with E-state index in [4.69, 9.17) is 10.5 Å².